The fraction of sp³-hybridized carbons (Fsp3) is 0.417. The third-order valence-corrected chi connectivity index (χ3v) is 2.29. The second kappa shape index (κ2) is 6.10. The van der Waals surface area contributed by atoms with Crippen LogP contribution in [0.1, 0.15) is 12.5 Å². The van der Waals surface area contributed by atoms with Crippen molar-refractivity contribution < 1.29 is 19.4 Å². The van der Waals surface area contributed by atoms with Crippen molar-refractivity contribution in [1.29, 1.82) is 0 Å². The maximum absolute atomic E-state index is 11.2. The average molecular weight is 239 g/mol. The Bertz CT molecular complexity index is 390. The van der Waals surface area contributed by atoms with Crippen LogP contribution in [-0.4, -0.2) is 31.3 Å². The molecular weight excluding hydrogens is 222 g/mol. The van der Waals surface area contributed by atoms with Crippen LogP contribution in [0.4, 0.5) is 0 Å². The van der Waals surface area contributed by atoms with Crippen LogP contribution in [0.2, 0.25) is 0 Å². The highest BCUT2D eigenvalue weighted by atomic mass is 16.5. The van der Waals surface area contributed by atoms with Gasteiger partial charge in [-0.05, 0) is 24.6 Å². The molecule has 0 bridgehead atoms. The van der Waals surface area contributed by atoms with Gasteiger partial charge in [-0.3, -0.25) is 4.79 Å². The van der Waals surface area contributed by atoms with E-state index in [2.05, 4.69) is 5.32 Å². The van der Waals surface area contributed by atoms with E-state index in [4.69, 9.17) is 14.6 Å². The minimum atomic E-state index is -1.00. The number of rotatable bonds is 5. The fourth-order valence-corrected chi connectivity index (χ4v) is 1.33. The summed E-state index contributed by atoms with van der Waals surface area (Å²) < 4.78 is 10.2. The smallest absolute Gasteiger partial charge is 0.248 e. The van der Waals surface area contributed by atoms with Crippen molar-refractivity contribution in [2.24, 2.45) is 0 Å². The number of aliphatic hydroxyl groups excluding tert-OH is 1. The molecule has 0 saturated carbocycles. The van der Waals surface area contributed by atoms with Gasteiger partial charge in [-0.15, -0.1) is 0 Å². The first-order valence-electron chi connectivity index (χ1n) is 5.25. The largest absolute Gasteiger partial charge is 0.493 e. The number of nitrogens with one attached hydrogen (secondary N) is 1. The number of amides is 1. The Morgan fingerprint density at radius 2 is 2.00 bits per heavy atom. The quantitative estimate of drug-likeness (QED) is 0.793. The molecule has 2 N–H and O–H groups in total. The lowest BCUT2D eigenvalue weighted by Crippen LogP contribution is -2.31. The minimum Gasteiger partial charge on any atom is -0.493 e. The Balaban J connectivity index is 2.69. The summed E-state index contributed by atoms with van der Waals surface area (Å²) in [5.74, 6) is 0.842. The zero-order valence-electron chi connectivity index (χ0n) is 10.2. The zero-order valence-corrected chi connectivity index (χ0v) is 10.2. The highest BCUT2D eigenvalue weighted by Crippen LogP contribution is 2.27. The van der Waals surface area contributed by atoms with E-state index in [-0.39, 0.29) is 0 Å². The van der Waals surface area contributed by atoms with Gasteiger partial charge in [0.1, 0.15) is 6.10 Å². The van der Waals surface area contributed by atoms with Crippen molar-refractivity contribution in [3.05, 3.63) is 23.8 Å². The number of benzene rings is 1. The van der Waals surface area contributed by atoms with Crippen molar-refractivity contribution in [2.75, 3.05) is 14.2 Å². The Morgan fingerprint density at radius 1 is 1.35 bits per heavy atom. The van der Waals surface area contributed by atoms with E-state index < -0.39 is 12.0 Å². The molecule has 0 saturated heterocycles. The van der Waals surface area contributed by atoms with E-state index in [1.807, 2.05) is 6.07 Å². The molecule has 0 aliphatic carbocycles. The standard InChI is InChI=1S/C12H17NO4/c1-8(14)12(15)13-7-9-4-5-10(16-2)11(6-9)17-3/h4-6,8,14H,7H2,1-3H3,(H,13,15). The number of hydrogen-bond donors (Lipinski definition) is 2. The van der Waals surface area contributed by atoms with Crippen LogP contribution in [0.3, 0.4) is 0 Å². The number of carbonyl (C=O) groups excluding carboxylic acids is 1. The van der Waals surface area contributed by atoms with E-state index >= 15 is 0 Å². The van der Waals surface area contributed by atoms with Gasteiger partial charge in [-0.25, -0.2) is 0 Å². The third kappa shape index (κ3) is 3.64. The van der Waals surface area contributed by atoms with E-state index in [1.165, 1.54) is 6.92 Å². The summed E-state index contributed by atoms with van der Waals surface area (Å²) in [6.07, 6.45) is -1.00. The van der Waals surface area contributed by atoms with Gasteiger partial charge in [0, 0.05) is 6.54 Å². The third-order valence-electron chi connectivity index (χ3n) is 2.29. The van der Waals surface area contributed by atoms with Gasteiger partial charge in [0.15, 0.2) is 11.5 Å². The molecule has 94 valence electrons. The van der Waals surface area contributed by atoms with Crippen LogP contribution in [0.25, 0.3) is 0 Å². The van der Waals surface area contributed by atoms with Crippen molar-refractivity contribution in [1.82, 2.24) is 5.32 Å². The summed E-state index contributed by atoms with van der Waals surface area (Å²) in [7, 11) is 3.11. The number of ether oxygens (including phenoxy) is 2. The second-order valence-electron chi connectivity index (χ2n) is 3.58. The molecule has 1 unspecified atom stereocenters. The number of carbonyl (C=O) groups is 1. The van der Waals surface area contributed by atoms with E-state index in [0.29, 0.717) is 18.0 Å². The highest BCUT2D eigenvalue weighted by Gasteiger charge is 2.09. The molecule has 1 aromatic rings. The molecular formula is C12H17NO4. The summed E-state index contributed by atoms with van der Waals surface area (Å²) in [5.41, 5.74) is 0.872. The molecule has 1 atom stereocenters. The Hall–Kier alpha value is -1.75. The van der Waals surface area contributed by atoms with Gasteiger partial charge in [0.05, 0.1) is 14.2 Å². The van der Waals surface area contributed by atoms with Gasteiger partial charge in [0.25, 0.3) is 0 Å². The predicted octanol–water partition coefficient (Wildman–Crippen LogP) is 0.701. The predicted molar refractivity (Wildman–Crippen MR) is 63.1 cm³/mol. The molecule has 0 aliphatic heterocycles. The van der Waals surface area contributed by atoms with E-state index in [0.717, 1.165) is 5.56 Å². The van der Waals surface area contributed by atoms with E-state index in [9.17, 15) is 4.79 Å². The first-order chi connectivity index (χ1) is 8.08. The molecule has 1 aromatic carbocycles. The van der Waals surface area contributed by atoms with Gasteiger partial charge in [0.2, 0.25) is 5.91 Å². The Labute approximate surface area is 100 Å². The highest BCUT2D eigenvalue weighted by molar-refractivity contribution is 5.79. The maximum atomic E-state index is 11.2. The Morgan fingerprint density at radius 3 is 2.53 bits per heavy atom. The molecule has 0 heterocycles. The molecule has 5 nitrogen and oxygen atoms in total. The van der Waals surface area contributed by atoms with E-state index in [1.54, 1.807) is 26.4 Å². The van der Waals surface area contributed by atoms with Gasteiger partial charge < -0.3 is 19.9 Å². The molecule has 1 rings (SSSR count). The fourth-order valence-electron chi connectivity index (χ4n) is 1.33. The van der Waals surface area contributed by atoms with Crippen molar-refractivity contribution in [2.45, 2.75) is 19.6 Å². The SMILES string of the molecule is COc1ccc(CNC(=O)C(C)O)cc1OC. The molecule has 1 amide bonds. The maximum Gasteiger partial charge on any atom is 0.248 e. The lowest BCUT2D eigenvalue weighted by Gasteiger charge is -2.11. The summed E-state index contributed by atoms with van der Waals surface area (Å²) in [6.45, 7) is 1.76. The molecule has 0 aliphatic rings. The molecule has 0 radical (unpaired) electrons. The first kappa shape index (κ1) is 13.3. The topological polar surface area (TPSA) is 67.8 Å². The van der Waals surface area contributed by atoms with Crippen LogP contribution in [0, 0.1) is 0 Å². The molecule has 17 heavy (non-hydrogen) atoms. The minimum absolute atomic E-state index is 0.337. The molecule has 0 aromatic heterocycles. The zero-order chi connectivity index (χ0) is 12.8. The number of aliphatic hydroxyl groups is 1. The van der Waals surface area contributed by atoms with Crippen molar-refractivity contribution in [3.8, 4) is 11.5 Å². The summed E-state index contributed by atoms with van der Waals surface area (Å²) >= 11 is 0. The number of methoxy groups -OCH3 is 2. The van der Waals surface area contributed by atoms with Crippen LogP contribution in [0.5, 0.6) is 11.5 Å². The molecule has 5 heteroatoms. The van der Waals surface area contributed by atoms with Crippen molar-refractivity contribution >= 4 is 5.91 Å². The number of hydrogen-bond acceptors (Lipinski definition) is 4. The Kier molecular flexibility index (Phi) is 4.78. The van der Waals surface area contributed by atoms with Gasteiger partial charge >= 0.3 is 0 Å². The van der Waals surface area contributed by atoms with Gasteiger partial charge in [-0.2, -0.15) is 0 Å². The van der Waals surface area contributed by atoms with Crippen LogP contribution in [-0.2, 0) is 11.3 Å². The normalized spacial score (nSPS) is 11.8. The van der Waals surface area contributed by atoms with Gasteiger partial charge in [-0.1, -0.05) is 6.07 Å². The lowest BCUT2D eigenvalue weighted by atomic mass is 10.2. The summed E-state index contributed by atoms with van der Waals surface area (Å²) in [6, 6.07) is 5.37. The van der Waals surface area contributed by atoms with Crippen LogP contribution >= 0.6 is 0 Å². The first-order valence-corrected chi connectivity index (χ1v) is 5.25. The molecule has 0 fully saturated rings. The summed E-state index contributed by atoms with van der Waals surface area (Å²) in [4.78, 5) is 11.2. The molecule has 0 spiro atoms. The lowest BCUT2D eigenvalue weighted by molar-refractivity contribution is -0.128. The second-order valence-corrected chi connectivity index (χ2v) is 3.58. The summed E-state index contributed by atoms with van der Waals surface area (Å²) in [5, 5.41) is 11.6. The average Bonchev–Trinajstić information content (AvgIpc) is 2.35. The van der Waals surface area contributed by atoms with Crippen molar-refractivity contribution in [3.63, 3.8) is 0 Å². The van der Waals surface area contributed by atoms with Crippen LogP contribution in [0.15, 0.2) is 18.2 Å². The monoisotopic (exact) mass is 239 g/mol. The van der Waals surface area contributed by atoms with Crippen LogP contribution < -0.4 is 14.8 Å².